The van der Waals surface area contributed by atoms with Crippen molar-refractivity contribution in [2.75, 3.05) is 11.9 Å². The van der Waals surface area contributed by atoms with Crippen molar-refractivity contribution in [3.05, 3.63) is 28.6 Å². The summed E-state index contributed by atoms with van der Waals surface area (Å²) in [6.07, 6.45) is 0. The first kappa shape index (κ1) is 12.2. The third kappa shape index (κ3) is 4.00. The number of hydrogen-bond donors (Lipinski definition) is 1. The van der Waals surface area contributed by atoms with Crippen LogP contribution in [0, 0.1) is 6.92 Å². The first-order valence-electron chi connectivity index (χ1n) is 4.91. The van der Waals surface area contributed by atoms with Crippen LogP contribution in [0.5, 0.6) is 0 Å². The van der Waals surface area contributed by atoms with Gasteiger partial charge in [0.1, 0.15) is 11.6 Å². The lowest BCUT2D eigenvalue weighted by Gasteiger charge is -2.09. The molecule has 0 atom stereocenters. The summed E-state index contributed by atoms with van der Waals surface area (Å²) >= 11 is 3.30. The van der Waals surface area contributed by atoms with E-state index in [1.54, 1.807) is 0 Å². The van der Waals surface area contributed by atoms with Gasteiger partial charge in [0.15, 0.2) is 0 Å². The van der Waals surface area contributed by atoms with E-state index in [0.29, 0.717) is 12.5 Å². The summed E-state index contributed by atoms with van der Waals surface area (Å²) in [4.78, 5) is 8.80. The minimum Gasteiger partial charge on any atom is -0.365 e. The second kappa shape index (κ2) is 5.26. The van der Waals surface area contributed by atoms with E-state index < -0.39 is 0 Å². The lowest BCUT2D eigenvalue weighted by Crippen LogP contribution is -2.07. The fourth-order valence-corrected chi connectivity index (χ4v) is 1.27. The number of aromatic nitrogens is 2. The Morgan fingerprint density at radius 3 is 2.73 bits per heavy atom. The topological polar surface area (TPSA) is 37.8 Å². The molecule has 82 valence electrons. The van der Waals surface area contributed by atoms with E-state index in [0.717, 1.165) is 21.8 Å². The van der Waals surface area contributed by atoms with Gasteiger partial charge in [0.25, 0.3) is 0 Å². The summed E-state index contributed by atoms with van der Waals surface area (Å²) in [6, 6.07) is 1.93. The molecule has 0 bridgehead atoms. The first-order chi connectivity index (χ1) is 6.99. The van der Waals surface area contributed by atoms with Crippen molar-refractivity contribution in [2.45, 2.75) is 26.7 Å². The second-order valence-corrected chi connectivity index (χ2v) is 4.90. The maximum Gasteiger partial charge on any atom is 0.133 e. The molecule has 0 radical (unpaired) electrons. The number of rotatable bonds is 4. The second-order valence-electron chi connectivity index (χ2n) is 3.78. The van der Waals surface area contributed by atoms with E-state index >= 15 is 0 Å². The Morgan fingerprint density at radius 2 is 2.20 bits per heavy atom. The van der Waals surface area contributed by atoms with Crippen LogP contribution in [-0.4, -0.2) is 16.5 Å². The van der Waals surface area contributed by atoms with Gasteiger partial charge < -0.3 is 5.32 Å². The van der Waals surface area contributed by atoms with Gasteiger partial charge in [0, 0.05) is 28.7 Å². The van der Waals surface area contributed by atoms with Crippen LogP contribution in [0.2, 0.25) is 0 Å². The number of nitrogens with zero attached hydrogens (tertiary/aromatic N) is 2. The minimum absolute atomic E-state index is 0.345. The maximum absolute atomic E-state index is 4.42. The van der Waals surface area contributed by atoms with Crippen molar-refractivity contribution in [2.24, 2.45) is 0 Å². The van der Waals surface area contributed by atoms with Crippen LogP contribution < -0.4 is 5.32 Å². The molecule has 4 heteroatoms. The zero-order valence-corrected chi connectivity index (χ0v) is 10.9. The molecule has 0 aromatic carbocycles. The molecule has 1 aromatic heterocycles. The SMILES string of the molecule is C=C(Br)CNc1cc(C)nc(C(C)C)n1. The molecule has 0 aliphatic heterocycles. The van der Waals surface area contributed by atoms with Crippen LogP contribution in [0.4, 0.5) is 5.82 Å². The zero-order valence-electron chi connectivity index (χ0n) is 9.34. The summed E-state index contributed by atoms with van der Waals surface area (Å²) in [5, 5.41) is 3.18. The molecule has 0 saturated heterocycles. The molecule has 1 aromatic rings. The largest absolute Gasteiger partial charge is 0.365 e. The van der Waals surface area contributed by atoms with E-state index in [1.807, 2.05) is 13.0 Å². The fraction of sp³-hybridized carbons (Fsp3) is 0.455. The molecule has 0 unspecified atom stereocenters. The number of hydrogen-bond acceptors (Lipinski definition) is 3. The lowest BCUT2D eigenvalue weighted by atomic mass is 10.2. The summed E-state index contributed by atoms with van der Waals surface area (Å²) in [5.74, 6) is 2.07. The third-order valence-corrected chi connectivity index (χ3v) is 2.13. The van der Waals surface area contributed by atoms with Crippen molar-refractivity contribution >= 4 is 21.7 Å². The molecule has 0 saturated carbocycles. The van der Waals surface area contributed by atoms with Crippen LogP contribution in [0.15, 0.2) is 17.1 Å². The maximum atomic E-state index is 4.42. The average molecular weight is 270 g/mol. The monoisotopic (exact) mass is 269 g/mol. The van der Waals surface area contributed by atoms with Gasteiger partial charge in [0.05, 0.1) is 0 Å². The van der Waals surface area contributed by atoms with Gasteiger partial charge in [-0.1, -0.05) is 36.4 Å². The van der Waals surface area contributed by atoms with Gasteiger partial charge in [-0.2, -0.15) is 0 Å². The van der Waals surface area contributed by atoms with Crippen LogP contribution in [-0.2, 0) is 0 Å². The molecule has 3 nitrogen and oxygen atoms in total. The predicted molar refractivity (Wildman–Crippen MR) is 67.4 cm³/mol. The first-order valence-corrected chi connectivity index (χ1v) is 5.71. The highest BCUT2D eigenvalue weighted by atomic mass is 79.9. The van der Waals surface area contributed by atoms with Crippen molar-refractivity contribution in [3.8, 4) is 0 Å². The average Bonchev–Trinajstić information content (AvgIpc) is 2.13. The highest BCUT2D eigenvalue weighted by Crippen LogP contribution is 2.14. The van der Waals surface area contributed by atoms with Gasteiger partial charge >= 0.3 is 0 Å². The summed E-state index contributed by atoms with van der Waals surface area (Å²) < 4.78 is 0.907. The fourth-order valence-electron chi connectivity index (χ4n) is 1.13. The van der Waals surface area contributed by atoms with Crippen LogP contribution >= 0.6 is 15.9 Å². The van der Waals surface area contributed by atoms with E-state index in [4.69, 9.17) is 0 Å². The van der Waals surface area contributed by atoms with Gasteiger partial charge in [-0.25, -0.2) is 9.97 Å². The Labute approximate surface area is 99.2 Å². The molecule has 0 fully saturated rings. The number of aryl methyl sites for hydroxylation is 1. The smallest absolute Gasteiger partial charge is 0.133 e. The van der Waals surface area contributed by atoms with E-state index in [2.05, 4.69) is 51.6 Å². The van der Waals surface area contributed by atoms with Crippen molar-refractivity contribution in [1.82, 2.24) is 9.97 Å². The molecule has 1 heterocycles. The summed E-state index contributed by atoms with van der Waals surface area (Å²) in [7, 11) is 0. The van der Waals surface area contributed by atoms with Crippen LogP contribution in [0.3, 0.4) is 0 Å². The third-order valence-electron chi connectivity index (χ3n) is 1.85. The standard InChI is InChI=1S/C11H16BrN3/c1-7(2)11-14-9(4)5-10(15-11)13-6-8(3)12/h5,7H,3,6H2,1-2,4H3,(H,13,14,15). The molecule has 1 N–H and O–H groups in total. The Hall–Kier alpha value is -0.900. The molecular formula is C11H16BrN3. The summed E-state index contributed by atoms with van der Waals surface area (Å²) in [5.41, 5.74) is 0.983. The minimum atomic E-state index is 0.345. The highest BCUT2D eigenvalue weighted by molar-refractivity contribution is 9.11. The van der Waals surface area contributed by atoms with Gasteiger partial charge in [-0.3, -0.25) is 0 Å². The van der Waals surface area contributed by atoms with Gasteiger partial charge in [-0.15, -0.1) is 0 Å². The highest BCUT2D eigenvalue weighted by Gasteiger charge is 2.05. The van der Waals surface area contributed by atoms with E-state index in [9.17, 15) is 0 Å². The zero-order chi connectivity index (χ0) is 11.4. The van der Waals surface area contributed by atoms with Crippen LogP contribution in [0.1, 0.15) is 31.3 Å². The molecule has 15 heavy (non-hydrogen) atoms. The molecule has 0 aliphatic carbocycles. The molecular weight excluding hydrogens is 254 g/mol. The Bertz CT molecular complexity index is 361. The van der Waals surface area contributed by atoms with Crippen molar-refractivity contribution < 1.29 is 0 Å². The van der Waals surface area contributed by atoms with Crippen LogP contribution in [0.25, 0.3) is 0 Å². The molecule has 0 amide bonds. The van der Waals surface area contributed by atoms with Crippen molar-refractivity contribution in [3.63, 3.8) is 0 Å². The molecule has 1 rings (SSSR count). The number of nitrogens with one attached hydrogen (secondary N) is 1. The normalized spacial score (nSPS) is 10.5. The van der Waals surface area contributed by atoms with Gasteiger partial charge in [-0.05, 0) is 6.92 Å². The van der Waals surface area contributed by atoms with E-state index in [1.165, 1.54) is 0 Å². The number of anilines is 1. The lowest BCUT2D eigenvalue weighted by molar-refractivity contribution is 0.767. The number of halogens is 1. The molecule has 0 spiro atoms. The Kier molecular flexibility index (Phi) is 4.27. The quantitative estimate of drug-likeness (QED) is 0.912. The predicted octanol–water partition coefficient (Wildman–Crippen LogP) is 3.23. The Balaban J connectivity index is 2.84. The molecule has 0 aliphatic rings. The van der Waals surface area contributed by atoms with Crippen molar-refractivity contribution in [1.29, 1.82) is 0 Å². The Morgan fingerprint density at radius 1 is 1.53 bits per heavy atom. The summed E-state index contributed by atoms with van der Waals surface area (Å²) in [6.45, 7) is 10.6. The van der Waals surface area contributed by atoms with Gasteiger partial charge in [0.2, 0.25) is 0 Å². The van der Waals surface area contributed by atoms with E-state index in [-0.39, 0.29) is 0 Å².